The maximum atomic E-state index is 11.0. The van der Waals surface area contributed by atoms with Gasteiger partial charge in [0, 0.05) is 6.04 Å². The van der Waals surface area contributed by atoms with Crippen LogP contribution < -0.4 is 0 Å². The van der Waals surface area contributed by atoms with E-state index in [1.807, 2.05) is 0 Å². The SMILES string of the molecule is CC1CC(N2CCC(C(=O)O)CC2)CC(C)(C)C1. The molecule has 2 rings (SSSR count). The van der Waals surface area contributed by atoms with E-state index in [0.717, 1.165) is 31.8 Å². The molecular formula is C15H27NO2. The van der Waals surface area contributed by atoms with Crippen LogP contribution in [-0.4, -0.2) is 35.1 Å². The van der Waals surface area contributed by atoms with Crippen LogP contribution in [-0.2, 0) is 4.79 Å². The lowest BCUT2D eigenvalue weighted by Crippen LogP contribution is -2.47. The first-order valence-electron chi connectivity index (χ1n) is 7.34. The topological polar surface area (TPSA) is 40.5 Å². The van der Waals surface area contributed by atoms with Crippen LogP contribution in [0.2, 0.25) is 0 Å². The van der Waals surface area contributed by atoms with Gasteiger partial charge in [-0.3, -0.25) is 4.79 Å². The first-order valence-corrected chi connectivity index (χ1v) is 7.34. The molecule has 18 heavy (non-hydrogen) atoms. The summed E-state index contributed by atoms with van der Waals surface area (Å²) in [6, 6.07) is 0.679. The zero-order chi connectivity index (χ0) is 13.3. The van der Waals surface area contributed by atoms with Gasteiger partial charge in [-0.2, -0.15) is 0 Å². The molecule has 1 saturated heterocycles. The Morgan fingerprint density at radius 1 is 1.22 bits per heavy atom. The van der Waals surface area contributed by atoms with Crippen LogP contribution in [0.25, 0.3) is 0 Å². The van der Waals surface area contributed by atoms with Gasteiger partial charge in [0.05, 0.1) is 5.92 Å². The number of piperidine rings is 1. The van der Waals surface area contributed by atoms with Gasteiger partial charge in [-0.25, -0.2) is 0 Å². The smallest absolute Gasteiger partial charge is 0.306 e. The second kappa shape index (κ2) is 5.20. The monoisotopic (exact) mass is 253 g/mol. The molecular weight excluding hydrogens is 226 g/mol. The largest absolute Gasteiger partial charge is 0.481 e. The number of nitrogens with zero attached hydrogens (tertiary/aromatic N) is 1. The highest BCUT2D eigenvalue weighted by Gasteiger charge is 2.36. The molecule has 0 bridgehead atoms. The first kappa shape index (κ1) is 13.9. The standard InChI is InChI=1S/C15H27NO2/c1-11-8-13(10-15(2,3)9-11)16-6-4-12(5-7-16)14(17)18/h11-13H,4-10H2,1-3H3,(H,17,18). The lowest BCUT2D eigenvalue weighted by atomic mass is 9.70. The molecule has 2 unspecified atom stereocenters. The zero-order valence-corrected chi connectivity index (χ0v) is 12.0. The van der Waals surface area contributed by atoms with Crippen molar-refractivity contribution in [3.63, 3.8) is 0 Å². The van der Waals surface area contributed by atoms with E-state index in [1.165, 1.54) is 19.3 Å². The van der Waals surface area contributed by atoms with Gasteiger partial charge in [0.25, 0.3) is 0 Å². The van der Waals surface area contributed by atoms with Crippen LogP contribution >= 0.6 is 0 Å². The summed E-state index contributed by atoms with van der Waals surface area (Å²) in [5.74, 6) is 0.0956. The molecule has 0 aromatic heterocycles. The van der Waals surface area contributed by atoms with Gasteiger partial charge in [0.2, 0.25) is 0 Å². The molecule has 2 atom stereocenters. The third-order valence-electron chi connectivity index (χ3n) is 4.76. The van der Waals surface area contributed by atoms with E-state index in [9.17, 15) is 4.79 Å². The van der Waals surface area contributed by atoms with Crippen molar-refractivity contribution in [2.45, 2.75) is 58.9 Å². The summed E-state index contributed by atoms with van der Waals surface area (Å²) in [6.45, 7) is 9.06. The van der Waals surface area contributed by atoms with Gasteiger partial charge in [-0.15, -0.1) is 0 Å². The van der Waals surface area contributed by atoms with Crippen molar-refractivity contribution in [3.05, 3.63) is 0 Å². The lowest BCUT2D eigenvalue weighted by molar-refractivity contribution is -0.143. The second-order valence-electron chi connectivity index (χ2n) is 7.22. The third kappa shape index (κ3) is 3.25. The van der Waals surface area contributed by atoms with E-state index < -0.39 is 5.97 Å². The van der Waals surface area contributed by atoms with Crippen LogP contribution in [0.3, 0.4) is 0 Å². The van der Waals surface area contributed by atoms with Gasteiger partial charge in [-0.05, 0) is 56.5 Å². The maximum Gasteiger partial charge on any atom is 0.306 e. The highest BCUT2D eigenvalue weighted by Crippen LogP contribution is 2.41. The first-order chi connectivity index (χ1) is 8.37. The summed E-state index contributed by atoms with van der Waals surface area (Å²) in [7, 11) is 0. The fourth-order valence-corrected chi connectivity index (χ4v) is 4.09. The van der Waals surface area contributed by atoms with E-state index >= 15 is 0 Å². The molecule has 104 valence electrons. The van der Waals surface area contributed by atoms with Gasteiger partial charge in [0.1, 0.15) is 0 Å². The van der Waals surface area contributed by atoms with E-state index in [-0.39, 0.29) is 5.92 Å². The predicted molar refractivity (Wildman–Crippen MR) is 72.5 cm³/mol. The molecule has 0 radical (unpaired) electrons. The van der Waals surface area contributed by atoms with Crippen molar-refractivity contribution in [2.75, 3.05) is 13.1 Å². The average molecular weight is 253 g/mol. The Morgan fingerprint density at radius 2 is 1.83 bits per heavy atom. The normalized spacial score (nSPS) is 34.4. The Labute approximate surface area is 111 Å². The Balaban J connectivity index is 1.91. The van der Waals surface area contributed by atoms with E-state index in [1.54, 1.807) is 0 Å². The molecule has 3 heteroatoms. The predicted octanol–water partition coefficient (Wildman–Crippen LogP) is 3.00. The minimum atomic E-state index is -0.605. The molecule has 2 aliphatic rings. The number of carboxylic acid groups (broad SMARTS) is 1. The second-order valence-corrected chi connectivity index (χ2v) is 7.22. The average Bonchev–Trinajstić information content (AvgIpc) is 2.26. The fraction of sp³-hybridized carbons (Fsp3) is 0.933. The number of likely N-dealkylation sites (tertiary alicyclic amines) is 1. The molecule has 1 heterocycles. The summed E-state index contributed by atoms with van der Waals surface area (Å²) < 4.78 is 0. The Morgan fingerprint density at radius 3 is 2.33 bits per heavy atom. The number of aliphatic carboxylic acids is 1. The van der Waals surface area contributed by atoms with Crippen molar-refractivity contribution >= 4 is 5.97 Å². The maximum absolute atomic E-state index is 11.0. The minimum absolute atomic E-state index is 0.102. The highest BCUT2D eigenvalue weighted by molar-refractivity contribution is 5.70. The summed E-state index contributed by atoms with van der Waals surface area (Å²) in [5, 5.41) is 9.04. The van der Waals surface area contributed by atoms with Crippen LogP contribution in [0, 0.1) is 17.3 Å². The summed E-state index contributed by atoms with van der Waals surface area (Å²) in [6.07, 6.45) is 5.56. The molecule has 1 saturated carbocycles. The quantitative estimate of drug-likeness (QED) is 0.822. The molecule has 1 aliphatic heterocycles. The molecule has 0 amide bonds. The Bertz CT molecular complexity index is 306. The zero-order valence-electron chi connectivity index (χ0n) is 12.0. The number of hydrogen-bond donors (Lipinski definition) is 1. The van der Waals surface area contributed by atoms with Crippen molar-refractivity contribution in [2.24, 2.45) is 17.3 Å². The summed E-state index contributed by atoms with van der Waals surface area (Å²) >= 11 is 0. The summed E-state index contributed by atoms with van der Waals surface area (Å²) in [5.41, 5.74) is 0.450. The van der Waals surface area contributed by atoms with Gasteiger partial charge >= 0.3 is 5.97 Å². The minimum Gasteiger partial charge on any atom is -0.481 e. The summed E-state index contributed by atoms with van der Waals surface area (Å²) in [4.78, 5) is 13.5. The highest BCUT2D eigenvalue weighted by atomic mass is 16.4. The number of rotatable bonds is 2. The van der Waals surface area contributed by atoms with E-state index in [4.69, 9.17) is 5.11 Å². The Hall–Kier alpha value is -0.570. The van der Waals surface area contributed by atoms with E-state index in [2.05, 4.69) is 25.7 Å². The lowest BCUT2D eigenvalue weighted by Gasteiger charge is -2.45. The molecule has 1 N–H and O–H groups in total. The van der Waals surface area contributed by atoms with Crippen LogP contribution in [0.1, 0.15) is 52.9 Å². The van der Waals surface area contributed by atoms with Gasteiger partial charge < -0.3 is 10.0 Å². The number of hydrogen-bond acceptors (Lipinski definition) is 2. The third-order valence-corrected chi connectivity index (χ3v) is 4.76. The molecule has 1 aliphatic carbocycles. The van der Waals surface area contributed by atoms with Crippen molar-refractivity contribution < 1.29 is 9.90 Å². The molecule has 0 aromatic carbocycles. The fourth-order valence-electron chi connectivity index (χ4n) is 4.09. The van der Waals surface area contributed by atoms with Crippen molar-refractivity contribution in [1.82, 2.24) is 4.90 Å². The van der Waals surface area contributed by atoms with Crippen molar-refractivity contribution in [1.29, 1.82) is 0 Å². The van der Waals surface area contributed by atoms with Crippen LogP contribution in [0.15, 0.2) is 0 Å². The van der Waals surface area contributed by atoms with Crippen LogP contribution in [0.4, 0.5) is 0 Å². The Kier molecular flexibility index (Phi) is 4.00. The van der Waals surface area contributed by atoms with Crippen molar-refractivity contribution in [3.8, 4) is 0 Å². The molecule has 3 nitrogen and oxygen atoms in total. The number of carbonyl (C=O) groups is 1. The van der Waals surface area contributed by atoms with E-state index in [0.29, 0.717) is 11.5 Å². The molecule has 0 spiro atoms. The molecule has 2 fully saturated rings. The van der Waals surface area contributed by atoms with Gasteiger partial charge in [0.15, 0.2) is 0 Å². The number of carboxylic acids is 1. The van der Waals surface area contributed by atoms with Gasteiger partial charge in [-0.1, -0.05) is 20.8 Å². The molecule has 0 aromatic rings. The van der Waals surface area contributed by atoms with Crippen LogP contribution in [0.5, 0.6) is 0 Å².